The van der Waals surface area contributed by atoms with Gasteiger partial charge in [0, 0.05) is 17.8 Å². The summed E-state index contributed by atoms with van der Waals surface area (Å²) in [6.07, 6.45) is 8.20. The summed E-state index contributed by atoms with van der Waals surface area (Å²) in [7, 11) is 0. The van der Waals surface area contributed by atoms with E-state index < -0.39 is 18.1 Å². The molecule has 7 nitrogen and oxygen atoms in total. The zero-order chi connectivity index (χ0) is 27.4. The van der Waals surface area contributed by atoms with E-state index in [2.05, 4.69) is 45.1 Å². The molecule has 2 saturated heterocycles. The van der Waals surface area contributed by atoms with Gasteiger partial charge >= 0.3 is 18.1 Å². The number of piperidine rings is 2. The maximum absolute atomic E-state index is 12.4. The van der Waals surface area contributed by atoms with Gasteiger partial charge in [-0.15, -0.1) is 0 Å². The second-order valence-electron chi connectivity index (χ2n) is 11.3. The van der Waals surface area contributed by atoms with Crippen molar-refractivity contribution in [2.45, 2.75) is 70.0 Å². The number of carbonyl (C=O) groups excluding carboxylic acids is 2. The van der Waals surface area contributed by atoms with Crippen molar-refractivity contribution in [1.29, 1.82) is 0 Å². The van der Waals surface area contributed by atoms with E-state index >= 15 is 0 Å². The molecular weight excluding hydrogens is 509 g/mol. The van der Waals surface area contributed by atoms with E-state index in [0.717, 1.165) is 61.9 Å². The first-order valence-electron chi connectivity index (χ1n) is 14.2. The Balaban J connectivity index is 1.28. The first-order chi connectivity index (χ1) is 18.8. The molecule has 1 aromatic carbocycles. The summed E-state index contributed by atoms with van der Waals surface area (Å²) in [4.78, 5) is 24.5. The minimum Gasteiger partial charge on any atom is -0.385 e. The SMILES string of the molecule is O=C(CN1CCC(c2nn(CC3CCCC3)c3cc(C=CC4CCNCC4)ccc23)CC1)OC(=O)C(F)(F)F. The van der Waals surface area contributed by atoms with Crippen LogP contribution in [0, 0.1) is 11.8 Å². The number of nitrogens with one attached hydrogen (secondary N) is 1. The average molecular weight is 547 g/mol. The number of hydrogen-bond acceptors (Lipinski definition) is 6. The second-order valence-corrected chi connectivity index (χ2v) is 11.3. The summed E-state index contributed by atoms with van der Waals surface area (Å²) >= 11 is 0. The van der Waals surface area contributed by atoms with Gasteiger partial charge in [-0.1, -0.05) is 37.1 Å². The molecule has 3 heterocycles. The van der Waals surface area contributed by atoms with Crippen LogP contribution in [0.25, 0.3) is 17.0 Å². The maximum Gasteiger partial charge on any atom is 0.491 e. The zero-order valence-electron chi connectivity index (χ0n) is 22.2. The quantitative estimate of drug-likeness (QED) is 0.387. The van der Waals surface area contributed by atoms with Crippen molar-refractivity contribution < 1.29 is 27.5 Å². The topological polar surface area (TPSA) is 76.5 Å². The standard InChI is InChI=1S/C29H37F3N4O3/c30-29(31,32)28(38)39-26(37)19-35-15-11-23(12-16-35)27-24-8-7-21(6-5-20-9-13-33-14-10-20)17-25(24)36(34-27)18-22-3-1-2-4-22/h5-8,17,20,22-23,33H,1-4,9-16,18-19H2. The second kappa shape index (κ2) is 12.2. The van der Waals surface area contributed by atoms with Crippen molar-refractivity contribution >= 4 is 28.9 Å². The van der Waals surface area contributed by atoms with Crippen LogP contribution in [0.2, 0.25) is 0 Å². The lowest BCUT2D eigenvalue weighted by Gasteiger charge is -2.30. The smallest absolute Gasteiger partial charge is 0.385 e. The Hall–Kier alpha value is -2.72. The first-order valence-corrected chi connectivity index (χ1v) is 14.2. The molecule has 0 spiro atoms. The highest BCUT2D eigenvalue weighted by molar-refractivity contribution is 5.89. The van der Waals surface area contributed by atoms with Gasteiger partial charge in [-0.3, -0.25) is 14.4 Å². The van der Waals surface area contributed by atoms with Gasteiger partial charge in [0.25, 0.3) is 0 Å². The largest absolute Gasteiger partial charge is 0.491 e. The lowest BCUT2D eigenvalue weighted by molar-refractivity contribution is -0.202. The molecule has 1 saturated carbocycles. The van der Waals surface area contributed by atoms with Gasteiger partial charge in [0.15, 0.2) is 0 Å². The summed E-state index contributed by atoms with van der Waals surface area (Å²) in [5, 5.41) is 9.69. The van der Waals surface area contributed by atoms with Crippen molar-refractivity contribution in [2.24, 2.45) is 11.8 Å². The summed E-state index contributed by atoms with van der Waals surface area (Å²) in [6, 6.07) is 6.59. The molecule has 2 aliphatic heterocycles. The minimum atomic E-state index is -5.18. The van der Waals surface area contributed by atoms with Crippen LogP contribution in [0.4, 0.5) is 13.2 Å². The summed E-state index contributed by atoms with van der Waals surface area (Å²) in [5.41, 5.74) is 3.40. The lowest BCUT2D eigenvalue weighted by Crippen LogP contribution is -2.39. The van der Waals surface area contributed by atoms with Crippen LogP contribution in [0.5, 0.6) is 0 Å². The molecule has 0 unspecified atom stereocenters. The van der Waals surface area contributed by atoms with Gasteiger partial charge in [0.2, 0.25) is 0 Å². The monoisotopic (exact) mass is 546 g/mol. The molecule has 212 valence electrons. The number of fused-ring (bicyclic) bond motifs is 1. The molecule has 3 aliphatic rings. The minimum absolute atomic E-state index is 0.192. The highest BCUT2D eigenvalue weighted by Crippen LogP contribution is 2.35. The van der Waals surface area contributed by atoms with E-state index in [1.807, 2.05) is 0 Å². The molecule has 2 aromatic rings. The molecule has 39 heavy (non-hydrogen) atoms. The van der Waals surface area contributed by atoms with Crippen molar-refractivity contribution in [3.8, 4) is 0 Å². The number of benzene rings is 1. The van der Waals surface area contributed by atoms with Crippen LogP contribution in [0.1, 0.15) is 68.5 Å². The van der Waals surface area contributed by atoms with Gasteiger partial charge in [-0.2, -0.15) is 18.3 Å². The number of allylic oxidation sites excluding steroid dienone is 1. The molecule has 1 aliphatic carbocycles. The fraction of sp³-hybridized carbons (Fsp3) is 0.621. The predicted octanol–water partition coefficient (Wildman–Crippen LogP) is 5.05. The fourth-order valence-electron chi connectivity index (χ4n) is 6.22. The summed E-state index contributed by atoms with van der Waals surface area (Å²) in [6.45, 7) is 3.75. The van der Waals surface area contributed by atoms with E-state index in [0.29, 0.717) is 24.9 Å². The van der Waals surface area contributed by atoms with Gasteiger partial charge < -0.3 is 10.1 Å². The van der Waals surface area contributed by atoms with Gasteiger partial charge in [0.05, 0.1) is 17.8 Å². The number of alkyl halides is 3. The Morgan fingerprint density at radius 1 is 1.05 bits per heavy atom. The van der Waals surface area contributed by atoms with Crippen molar-refractivity contribution in [3.63, 3.8) is 0 Å². The molecule has 1 aromatic heterocycles. The molecule has 0 atom stereocenters. The molecule has 1 N–H and O–H groups in total. The Kier molecular flexibility index (Phi) is 8.71. The Morgan fingerprint density at radius 2 is 1.77 bits per heavy atom. The highest BCUT2D eigenvalue weighted by Gasteiger charge is 2.42. The van der Waals surface area contributed by atoms with Gasteiger partial charge in [-0.25, -0.2) is 4.79 Å². The van der Waals surface area contributed by atoms with Crippen LogP contribution in [-0.4, -0.2) is 65.5 Å². The van der Waals surface area contributed by atoms with Crippen LogP contribution in [0.15, 0.2) is 24.3 Å². The van der Waals surface area contributed by atoms with Gasteiger partial charge in [0.1, 0.15) is 0 Å². The number of aromatic nitrogens is 2. The number of carbonyl (C=O) groups is 2. The Labute approximate surface area is 226 Å². The highest BCUT2D eigenvalue weighted by atomic mass is 19.4. The number of hydrogen-bond donors (Lipinski definition) is 1. The lowest BCUT2D eigenvalue weighted by atomic mass is 9.91. The van der Waals surface area contributed by atoms with E-state index in [1.54, 1.807) is 4.90 Å². The number of ether oxygens (including phenoxy) is 1. The van der Waals surface area contributed by atoms with E-state index in [4.69, 9.17) is 5.10 Å². The third-order valence-corrected chi connectivity index (χ3v) is 8.42. The van der Waals surface area contributed by atoms with Crippen molar-refractivity contribution in [2.75, 3.05) is 32.7 Å². The zero-order valence-corrected chi connectivity index (χ0v) is 22.2. The third kappa shape index (κ3) is 7.08. The number of halogens is 3. The van der Waals surface area contributed by atoms with Crippen LogP contribution in [0.3, 0.4) is 0 Å². The predicted molar refractivity (Wildman–Crippen MR) is 142 cm³/mol. The van der Waals surface area contributed by atoms with E-state index in [-0.39, 0.29) is 12.5 Å². The van der Waals surface area contributed by atoms with E-state index in [1.165, 1.54) is 31.2 Å². The molecule has 0 amide bonds. The van der Waals surface area contributed by atoms with Crippen LogP contribution >= 0.6 is 0 Å². The Bertz CT molecular complexity index is 1190. The fourth-order valence-corrected chi connectivity index (χ4v) is 6.22. The third-order valence-electron chi connectivity index (χ3n) is 8.42. The van der Waals surface area contributed by atoms with Gasteiger partial charge in [-0.05, 0) is 88.2 Å². The molecule has 0 bridgehead atoms. The normalized spacial score (nSPS) is 20.8. The Morgan fingerprint density at radius 3 is 2.46 bits per heavy atom. The van der Waals surface area contributed by atoms with E-state index in [9.17, 15) is 22.8 Å². The first kappa shape index (κ1) is 27.8. The summed E-state index contributed by atoms with van der Waals surface area (Å²) in [5.74, 6) is -2.20. The molecular formula is C29H37F3N4O3. The number of nitrogens with zero attached hydrogens (tertiary/aromatic N) is 3. The van der Waals surface area contributed by atoms with Crippen molar-refractivity contribution in [1.82, 2.24) is 20.0 Å². The van der Waals surface area contributed by atoms with Crippen LogP contribution < -0.4 is 5.32 Å². The van der Waals surface area contributed by atoms with Crippen molar-refractivity contribution in [3.05, 3.63) is 35.5 Å². The average Bonchev–Trinajstić information content (AvgIpc) is 3.56. The number of esters is 2. The molecule has 0 radical (unpaired) electrons. The molecule has 10 heteroatoms. The molecule has 5 rings (SSSR count). The summed E-state index contributed by atoms with van der Waals surface area (Å²) < 4.78 is 43.3. The maximum atomic E-state index is 12.4. The number of rotatable bonds is 7. The molecule has 3 fully saturated rings. The van der Waals surface area contributed by atoms with Crippen LogP contribution in [-0.2, 0) is 20.9 Å². The number of likely N-dealkylation sites (tertiary alicyclic amines) is 1.